The highest BCUT2D eigenvalue weighted by Gasteiger charge is 2.30. The first-order valence-electron chi connectivity index (χ1n) is 17.6. The molecular formula is C36H40N12O6. The fourth-order valence-corrected chi connectivity index (χ4v) is 6.83. The first kappa shape index (κ1) is 35.7. The predicted molar refractivity (Wildman–Crippen MR) is 198 cm³/mol. The van der Waals surface area contributed by atoms with E-state index < -0.39 is 11.8 Å². The number of carbonyl (C=O) groups excluding carboxylic acids is 4. The highest BCUT2D eigenvalue weighted by molar-refractivity contribution is 6.05. The van der Waals surface area contributed by atoms with Crippen LogP contribution in [-0.2, 0) is 24.4 Å². The van der Waals surface area contributed by atoms with E-state index in [0.717, 1.165) is 0 Å². The number of hydrogen-bond acceptors (Lipinski definition) is 10. The number of amides is 4. The first-order valence-corrected chi connectivity index (χ1v) is 17.6. The van der Waals surface area contributed by atoms with Crippen LogP contribution in [0.2, 0.25) is 0 Å². The quantitative estimate of drug-likeness (QED) is 0.127. The van der Waals surface area contributed by atoms with Gasteiger partial charge in [0.15, 0.2) is 6.61 Å². The molecule has 4 amide bonds. The molecule has 0 unspecified atom stereocenters. The third-order valence-electron chi connectivity index (χ3n) is 9.18. The lowest BCUT2D eigenvalue weighted by molar-refractivity contribution is -0.119. The van der Waals surface area contributed by atoms with Crippen molar-refractivity contribution in [1.82, 2.24) is 38.7 Å². The second-order valence-corrected chi connectivity index (χ2v) is 13.0. The van der Waals surface area contributed by atoms with E-state index in [1.165, 1.54) is 0 Å². The topological polar surface area (TPSA) is 234 Å². The number of rotatable bonds is 14. The molecule has 18 heteroatoms. The van der Waals surface area contributed by atoms with E-state index in [-0.39, 0.29) is 48.5 Å². The summed E-state index contributed by atoms with van der Waals surface area (Å²) in [5.41, 5.74) is 15.5. The van der Waals surface area contributed by atoms with E-state index in [1.54, 1.807) is 45.8 Å². The molecule has 0 bridgehead atoms. The maximum Gasteiger partial charge on any atom is 0.276 e. The van der Waals surface area contributed by atoms with E-state index in [4.69, 9.17) is 30.9 Å². The normalized spacial score (nSPS) is 13.6. The Kier molecular flexibility index (Phi) is 9.49. The Bertz CT molecular complexity index is 2450. The maximum atomic E-state index is 13.6. The standard InChI is InChI=1S/C36H40N12O6/c1-5-46-25(13-19(3)43-46)33(51)41-35-40-30-24(10-7-11-27(30)54-18-29(37)49)45(35)12-8-9-22-17-53-28-16-21(32(38)50)15-23-31(28)48(22)36(39-23)42-34(52)26-14-20(4)44-47(26)6-2/h7,10-11,13-16,22H,5-6,8-9,12,17-18H2,1-4H3,(H2,37,49)(H2,38,50)(H,39,42,52)(H,40,41,51)/t22-/m0/s1. The molecule has 0 saturated carbocycles. The number of para-hydroxylation sites is 1. The van der Waals surface area contributed by atoms with Crippen molar-refractivity contribution in [2.45, 2.75) is 66.2 Å². The predicted octanol–water partition coefficient (Wildman–Crippen LogP) is 3.32. The van der Waals surface area contributed by atoms with Gasteiger partial charge in [0.1, 0.15) is 40.5 Å². The molecule has 280 valence electrons. The van der Waals surface area contributed by atoms with Crippen molar-refractivity contribution in [2.75, 3.05) is 23.8 Å². The molecule has 0 aliphatic carbocycles. The number of nitrogens with zero attached hydrogens (tertiary/aromatic N) is 8. The molecule has 1 aliphatic rings. The van der Waals surface area contributed by atoms with Crippen LogP contribution in [0.4, 0.5) is 11.9 Å². The Hall–Kier alpha value is -6.72. The monoisotopic (exact) mass is 736 g/mol. The summed E-state index contributed by atoms with van der Waals surface area (Å²) in [7, 11) is 0. The van der Waals surface area contributed by atoms with Gasteiger partial charge in [0.2, 0.25) is 17.8 Å². The fourth-order valence-electron chi connectivity index (χ4n) is 6.83. The zero-order valence-electron chi connectivity index (χ0n) is 30.3. The maximum absolute atomic E-state index is 13.6. The number of hydrogen-bond donors (Lipinski definition) is 4. The van der Waals surface area contributed by atoms with Crippen molar-refractivity contribution < 1.29 is 28.7 Å². The Labute approximate surface area is 308 Å². The summed E-state index contributed by atoms with van der Waals surface area (Å²) in [6.07, 6.45) is 1.11. The Morgan fingerprint density at radius 3 is 2.20 bits per heavy atom. The van der Waals surface area contributed by atoms with Gasteiger partial charge < -0.3 is 30.1 Å². The van der Waals surface area contributed by atoms with Crippen molar-refractivity contribution in [1.29, 1.82) is 0 Å². The number of primary amides is 2. The molecule has 1 aliphatic heterocycles. The lowest BCUT2D eigenvalue weighted by Crippen LogP contribution is -2.26. The zero-order valence-corrected chi connectivity index (χ0v) is 30.3. The number of nitrogens with two attached hydrogens (primary N) is 2. The molecule has 6 aromatic rings. The summed E-state index contributed by atoms with van der Waals surface area (Å²) in [4.78, 5) is 60.3. The van der Waals surface area contributed by atoms with Crippen molar-refractivity contribution in [3.63, 3.8) is 0 Å². The van der Waals surface area contributed by atoms with Crippen LogP contribution in [0.25, 0.3) is 22.1 Å². The average molecular weight is 737 g/mol. The fraction of sp³-hybridized carbons (Fsp3) is 0.333. The summed E-state index contributed by atoms with van der Waals surface area (Å²) in [6.45, 7) is 8.71. The van der Waals surface area contributed by atoms with E-state index in [1.807, 2.05) is 42.9 Å². The SMILES string of the molecule is CCn1nc(C)cc1C(=O)Nc1nc2c(OCC(N)=O)cccc2n1CCC[C@H]1COc2cc(C(N)=O)cc3nc(NC(=O)c4cc(C)nn4CC)n1c23. The van der Waals surface area contributed by atoms with Gasteiger partial charge in [-0.3, -0.25) is 39.2 Å². The first-order chi connectivity index (χ1) is 25.9. The Morgan fingerprint density at radius 1 is 0.907 bits per heavy atom. The van der Waals surface area contributed by atoms with Gasteiger partial charge in [-0.1, -0.05) is 6.07 Å². The summed E-state index contributed by atoms with van der Waals surface area (Å²) >= 11 is 0. The van der Waals surface area contributed by atoms with Crippen LogP contribution in [0.1, 0.15) is 75.5 Å². The smallest absolute Gasteiger partial charge is 0.276 e. The number of aromatic nitrogens is 8. The molecule has 7 rings (SSSR count). The highest BCUT2D eigenvalue weighted by Crippen LogP contribution is 2.39. The Balaban J connectivity index is 1.21. The van der Waals surface area contributed by atoms with Gasteiger partial charge in [0.25, 0.3) is 17.7 Å². The molecule has 0 radical (unpaired) electrons. The minimum absolute atomic E-state index is 0.218. The van der Waals surface area contributed by atoms with Gasteiger partial charge in [-0.2, -0.15) is 10.2 Å². The molecular weight excluding hydrogens is 696 g/mol. The number of imidazole rings is 2. The number of anilines is 2. The second kappa shape index (κ2) is 14.4. The number of fused-ring (bicyclic) bond motifs is 1. The van der Waals surface area contributed by atoms with Crippen LogP contribution in [0.3, 0.4) is 0 Å². The molecule has 2 aromatic carbocycles. The van der Waals surface area contributed by atoms with Crippen molar-refractivity contribution in [3.05, 3.63) is 70.8 Å². The van der Waals surface area contributed by atoms with Crippen LogP contribution in [0.5, 0.6) is 11.5 Å². The molecule has 0 fully saturated rings. The summed E-state index contributed by atoms with van der Waals surface area (Å²) in [5.74, 6) is -0.717. The average Bonchev–Trinajstić information content (AvgIpc) is 3.91. The van der Waals surface area contributed by atoms with E-state index in [0.29, 0.717) is 88.8 Å². The second-order valence-electron chi connectivity index (χ2n) is 13.0. The molecule has 4 aromatic heterocycles. The van der Waals surface area contributed by atoms with Crippen LogP contribution >= 0.6 is 0 Å². The Morgan fingerprint density at radius 2 is 1.57 bits per heavy atom. The van der Waals surface area contributed by atoms with Gasteiger partial charge >= 0.3 is 0 Å². The van der Waals surface area contributed by atoms with E-state index in [2.05, 4.69) is 20.8 Å². The summed E-state index contributed by atoms with van der Waals surface area (Å²) < 4.78 is 18.9. The van der Waals surface area contributed by atoms with Crippen molar-refractivity contribution in [2.24, 2.45) is 11.5 Å². The van der Waals surface area contributed by atoms with Crippen LogP contribution in [0, 0.1) is 13.8 Å². The van der Waals surface area contributed by atoms with E-state index >= 15 is 0 Å². The van der Waals surface area contributed by atoms with Gasteiger partial charge in [-0.05, 0) is 76.9 Å². The van der Waals surface area contributed by atoms with Gasteiger partial charge in [-0.25, -0.2) is 9.97 Å². The molecule has 5 heterocycles. The number of nitrogens with one attached hydrogen (secondary N) is 2. The third-order valence-corrected chi connectivity index (χ3v) is 9.18. The van der Waals surface area contributed by atoms with Gasteiger partial charge in [0, 0.05) is 25.2 Å². The minimum atomic E-state index is -0.638. The minimum Gasteiger partial charge on any atom is -0.489 e. The highest BCUT2D eigenvalue weighted by atomic mass is 16.5. The van der Waals surface area contributed by atoms with Crippen molar-refractivity contribution >= 4 is 57.6 Å². The largest absolute Gasteiger partial charge is 0.489 e. The third kappa shape index (κ3) is 6.68. The lowest BCUT2D eigenvalue weighted by atomic mass is 10.1. The number of benzene rings is 2. The molecule has 18 nitrogen and oxygen atoms in total. The molecule has 6 N–H and O–H groups in total. The number of carbonyl (C=O) groups is 4. The molecule has 54 heavy (non-hydrogen) atoms. The molecule has 0 saturated heterocycles. The number of ether oxygens (including phenoxy) is 2. The van der Waals surface area contributed by atoms with Gasteiger partial charge in [-0.15, -0.1) is 0 Å². The van der Waals surface area contributed by atoms with Crippen LogP contribution < -0.4 is 31.6 Å². The molecule has 1 atom stereocenters. The zero-order chi connectivity index (χ0) is 38.3. The van der Waals surface area contributed by atoms with Crippen LogP contribution in [-0.4, -0.2) is 75.5 Å². The van der Waals surface area contributed by atoms with Crippen molar-refractivity contribution in [3.8, 4) is 11.5 Å². The summed E-state index contributed by atoms with van der Waals surface area (Å²) in [6, 6.07) is 11.6. The van der Waals surface area contributed by atoms with Crippen LogP contribution in [0.15, 0.2) is 42.5 Å². The number of aryl methyl sites for hydroxylation is 5. The summed E-state index contributed by atoms with van der Waals surface area (Å²) in [5, 5.41) is 14.7. The lowest BCUT2D eigenvalue weighted by Gasteiger charge is -2.27. The van der Waals surface area contributed by atoms with E-state index in [9.17, 15) is 19.2 Å². The van der Waals surface area contributed by atoms with Gasteiger partial charge in [0.05, 0.1) is 28.5 Å². The molecule has 0 spiro atoms.